The van der Waals surface area contributed by atoms with Crippen LogP contribution in [0.3, 0.4) is 0 Å². The highest BCUT2D eigenvalue weighted by molar-refractivity contribution is 7.92. The summed E-state index contributed by atoms with van der Waals surface area (Å²) < 4.78 is 24.6. The van der Waals surface area contributed by atoms with E-state index in [4.69, 9.17) is 5.11 Å². The fourth-order valence-corrected chi connectivity index (χ4v) is 4.97. The van der Waals surface area contributed by atoms with Gasteiger partial charge >= 0.3 is 5.97 Å². The van der Waals surface area contributed by atoms with Crippen LogP contribution in [-0.4, -0.2) is 30.5 Å². The second kappa shape index (κ2) is 5.95. The Kier molecular flexibility index (Phi) is 4.48. The molecule has 2 rings (SSSR count). The summed E-state index contributed by atoms with van der Waals surface area (Å²) in [6, 6.07) is 7.87. The number of carboxylic acid groups (broad SMARTS) is 1. The molecule has 0 aromatic heterocycles. The van der Waals surface area contributed by atoms with E-state index in [0.717, 1.165) is 30.4 Å². The summed E-state index contributed by atoms with van der Waals surface area (Å²) in [6.45, 7) is 1.98. The summed E-state index contributed by atoms with van der Waals surface area (Å²) >= 11 is 0. The predicted molar refractivity (Wildman–Crippen MR) is 77.6 cm³/mol. The zero-order valence-electron chi connectivity index (χ0n) is 11.6. The quantitative estimate of drug-likeness (QED) is 0.926. The molecular formula is C15H20O4S. The molecule has 0 saturated heterocycles. The lowest BCUT2D eigenvalue weighted by atomic mass is 9.83. The van der Waals surface area contributed by atoms with Gasteiger partial charge < -0.3 is 5.11 Å². The molecule has 20 heavy (non-hydrogen) atoms. The van der Waals surface area contributed by atoms with Crippen molar-refractivity contribution in [3.05, 3.63) is 35.4 Å². The van der Waals surface area contributed by atoms with Gasteiger partial charge in [0.1, 0.15) is 5.75 Å². The number of hydrogen-bond acceptors (Lipinski definition) is 3. The average molecular weight is 296 g/mol. The minimum absolute atomic E-state index is 0.0759. The molecule has 0 heterocycles. The number of benzene rings is 1. The van der Waals surface area contributed by atoms with E-state index < -0.39 is 26.8 Å². The summed E-state index contributed by atoms with van der Waals surface area (Å²) in [5.41, 5.74) is 2.12. The van der Waals surface area contributed by atoms with E-state index in [1.807, 2.05) is 31.2 Å². The number of rotatable bonds is 4. The van der Waals surface area contributed by atoms with Crippen molar-refractivity contribution < 1.29 is 18.3 Å². The molecule has 5 heteroatoms. The fourth-order valence-electron chi connectivity index (χ4n) is 3.09. The molecule has 1 aromatic carbocycles. The Balaban J connectivity index is 2.32. The molecule has 1 aromatic rings. The van der Waals surface area contributed by atoms with E-state index in [-0.39, 0.29) is 5.92 Å². The Morgan fingerprint density at radius 3 is 2.65 bits per heavy atom. The molecule has 1 aliphatic rings. The van der Waals surface area contributed by atoms with E-state index in [0.29, 0.717) is 6.42 Å². The SMILES string of the molecule is Cc1cccc([C@@H]2CCCC[C@H]2S(=O)(=O)CC(=O)O)c1. The van der Waals surface area contributed by atoms with Gasteiger partial charge in [-0.25, -0.2) is 8.42 Å². The van der Waals surface area contributed by atoms with Gasteiger partial charge in [0, 0.05) is 5.92 Å². The highest BCUT2D eigenvalue weighted by Crippen LogP contribution is 2.37. The number of carboxylic acids is 1. The minimum atomic E-state index is -3.59. The lowest BCUT2D eigenvalue weighted by molar-refractivity contribution is -0.134. The lowest BCUT2D eigenvalue weighted by Gasteiger charge is -2.31. The third-order valence-corrected chi connectivity index (χ3v) is 6.09. The van der Waals surface area contributed by atoms with Crippen molar-refractivity contribution in [1.29, 1.82) is 0 Å². The molecule has 0 aliphatic heterocycles. The van der Waals surface area contributed by atoms with Crippen molar-refractivity contribution in [3.63, 3.8) is 0 Å². The topological polar surface area (TPSA) is 71.4 Å². The fraction of sp³-hybridized carbons (Fsp3) is 0.533. The van der Waals surface area contributed by atoms with Gasteiger partial charge in [0.05, 0.1) is 5.25 Å². The van der Waals surface area contributed by atoms with Crippen LogP contribution in [-0.2, 0) is 14.6 Å². The van der Waals surface area contributed by atoms with Crippen molar-refractivity contribution in [2.75, 3.05) is 5.75 Å². The zero-order valence-corrected chi connectivity index (χ0v) is 12.4. The van der Waals surface area contributed by atoms with Gasteiger partial charge in [-0.2, -0.15) is 0 Å². The maximum absolute atomic E-state index is 12.3. The van der Waals surface area contributed by atoms with Crippen LogP contribution in [0.15, 0.2) is 24.3 Å². The highest BCUT2D eigenvalue weighted by atomic mass is 32.2. The van der Waals surface area contributed by atoms with Crippen LogP contribution in [0.2, 0.25) is 0 Å². The first-order valence-electron chi connectivity index (χ1n) is 6.90. The number of hydrogen-bond donors (Lipinski definition) is 1. The van der Waals surface area contributed by atoms with E-state index in [9.17, 15) is 13.2 Å². The zero-order chi connectivity index (χ0) is 14.8. The minimum Gasteiger partial charge on any atom is -0.480 e. The molecule has 0 unspecified atom stereocenters. The molecule has 0 spiro atoms. The summed E-state index contributed by atoms with van der Waals surface area (Å²) in [5, 5.41) is 8.24. The molecular weight excluding hydrogens is 276 g/mol. The number of carbonyl (C=O) groups is 1. The number of sulfone groups is 1. The largest absolute Gasteiger partial charge is 0.480 e. The van der Waals surface area contributed by atoms with Crippen molar-refractivity contribution in [2.24, 2.45) is 0 Å². The van der Waals surface area contributed by atoms with Gasteiger partial charge in [0.25, 0.3) is 0 Å². The lowest BCUT2D eigenvalue weighted by Crippen LogP contribution is -2.35. The van der Waals surface area contributed by atoms with E-state index in [1.54, 1.807) is 0 Å². The van der Waals surface area contributed by atoms with Gasteiger partial charge in [-0.1, -0.05) is 42.7 Å². The molecule has 0 bridgehead atoms. The monoisotopic (exact) mass is 296 g/mol. The smallest absolute Gasteiger partial charge is 0.318 e. The van der Waals surface area contributed by atoms with Crippen LogP contribution in [0.1, 0.15) is 42.7 Å². The first-order valence-corrected chi connectivity index (χ1v) is 8.61. The molecule has 110 valence electrons. The molecule has 1 saturated carbocycles. The summed E-state index contributed by atoms with van der Waals surface area (Å²) in [5.74, 6) is -2.11. The summed E-state index contributed by atoms with van der Waals surface area (Å²) in [4.78, 5) is 10.8. The number of aryl methyl sites for hydroxylation is 1. The second-order valence-electron chi connectivity index (χ2n) is 5.54. The highest BCUT2D eigenvalue weighted by Gasteiger charge is 2.37. The van der Waals surface area contributed by atoms with E-state index >= 15 is 0 Å². The van der Waals surface area contributed by atoms with Gasteiger partial charge in [-0.3, -0.25) is 4.79 Å². The summed E-state index contributed by atoms with van der Waals surface area (Å²) in [6.07, 6.45) is 3.23. The number of aliphatic carboxylic acids is 1. The Hall–Kier alpha value is -1.36. The molecule has 0 radical (unpaired) electrons. The van der Waals surface area contributed by atoms with Crippen molar-refractivity contribution in [1.82, 2.24) is 0 Å². The maximum atomic E-state index is 12.3. The molecule has 1 N–H and O–H groups in total. The Bertz CT molecular complexity index is 592. The van der Waals surface area contributed by atoms with E-state index in [2.05, 4.69) is 0 Å². The van der Waals surface area contributed by atoms with Crippen LogP contribution in [0.5, 0.6) is 0 Å². The van der Waals surface area contributed by atoms with Gasteiger partial charge in [0.15, 0.2) is 9.84 Å². The molecule has 1 aliphatic carbocycles. The molecule has 4 nitrogen and oxygen atoms in total. The third-order valence-electron chi connectivity index (χ3n) is 3.96. The first kappa shape index (κ1) is 15.0. The van der Waals surface area contributed by atoms with Crippen LogP contribution >= 0.6 is 0 Å². The normalized spacial score (nSPS) is 23.4. The van der Waals surface area contributed by atoms with Crippen LogP contribution in [0.25, 0.3) is 0 Å². The van der Waals surface area contributed by atoms with Crippen molar-refractivity contribution in [3.8, 4) is 0 Å². The third kappa shape index (κ3) is 3.39. The van der Waals surface area contributed by atoms with Gasteiger partial charge in [-0.15, -0.1) is 0 Å². The molecule has 0 amide bonds. The predicted octanol–water partition coefficient (Wildman–Crippen LogP) is 2.52. The Labute approximate surface area is 119 Å². The van der Waals surface area contributed by atoms with Crippen molar-refractivity contribution >= 4 is 15.8 Å². The Morgan fingerprint density at radius 1 is 1.30 bits per heavy atom. The standard InChI is InChI=1S/C15H20O4S/c1-11-5-4-6-12(9-11)13-7-2-3-8-14(13)20(18,19)10-15(16)17/h4-6,9,13-14H,2-3,7-8,10H2,1H3,(H,16,17)/t13-,14+/m0/s1. The van der Waals surface area contributed by atoms with Crippen LogP contribution < -0.4 is 0 Å². The van der Waals surface area contributed by atoms with Crippen molar-refractivity contribution in [2.45, 2.75) is 43.8 Å². The first-order chi connectivity index (χ1) is 9.40. The van der Waals surface area contributed by atoms with Gasteiger partial charge in [-0.05, 0) is 25.3 Å². The average Bonchev–Trinajstić information content (AvgIpc) is 2.37. The molecule has 1 fully saturated rings. The van der Waals surface area contributed by atoms with Crippen LogP contribution in [0.4, 0.5) is 0 Å². The molecule has 2 atom stereocenters. The van der Waals surface area contributed by atoms with Gasteiger partial charge in [0.2, 0.25) is 0 Å². The van der Waals surface area contributed by atoms with E-state index in [1.165, 1.54) is 0 Å². The maximum Gasteiger partial charge on any atom is 0.318 e. The van der Waals surface area contributed by atoms with Crippen LogP contribution in [0, 0.1) is 6.92 Å². The second-order valence-corrected chi connectivity index (χ2v) is 7.76. The summed E-state index contributed by atoms with van der Waals surface area (Å²) in [7, 11) is -3.59. The Morgan fingerprint density at radius 2 is 2.00 bits per heavy atom.